The van der Waals surface area contributed by atoms with Crippen molar-refractivity contribution in [2.75, 3.05) is 39.3 Å². The number of sulfonamides is 1. The third kappa shape index (κ3) is 5.55. The summed E-state index contributed by atoms with van der Waals surface area (Å²) < 4.78 is 27.6. The van der Waals surface area contributed by atoms with Gasteiger partial charge in [-0.25, -0.2) is 13.1 Å². The predicted octanol–water partition coefficient (Wildman–Crippen LogP) is 1.83. The molecule has 5 nitrogen and oxygen atoms in total. The number of benzene rings is 1. The Balaban J connectivity index is 1.89. The number of aryl methyl sites for hydroxylation is 1. The van der Waals surface area contributed by atoms with Crippen molar-refractivity contribution in [3.63, 3.8) is 0 Å². The highest BCUT2D eigenvalue weighted by Gasteiger charge is 2.30. The molecule has 0 radical (unpaired) electrons. The molecule has 136 valence electrons. The quantitative estimate of drug-likeness (QED) is 0.813. The van der Waals surface area contributed by atoms with Crippen molar-refractivity contribution in [3.05, 3.63) is 35.4 Å². The van der Waals surface area contributed by atoms with Gasteiger partial charge in [-0.2, -0.15) is 0 Å². The summed E-state index contributed by atoms with van der Waals surface area (Å²) in [6, 6.07) is 7.65. The third-order valence-corrected chi connectivity index (χ3v) is 6.18. The molecular formula is C18H31N3O2S. The smallest absolute Gasteiger partial charge is 0.215 e. The summed E-state index contributed by atoms with van der Waals surface area (Å²) in [6.45, 7) is 14.0. The van der Waals surface area contributed by atoms with Gasteiger partial charge in [0, 0.05) is 38.3 Å². The highest BCUT2D eigenvalue weighted by Crippen LogP contribution is 2.17. The topological polar surface area (TPSA) is 52.6 Å². The van der Waals surface area contributed by atoms with Gasteiger partial charge < -0.3 is 4.90 Å². The molecule has 1 aromatic rings. The van der Waals surface area contributed by atoms with Crippen molar-refractivity contribution in [1.29, 1.82) is 0 Å². The van der Waals surface area contributed by atoms with Crippen LogP contribution in [0.2, 0.25) is 0 Å². The van der Waals surface area contributed by atoms with E-state index in [0.717, 1.165) is 43.9 Å². The average molecular weight is 354 g/mol. The molecule has 1 N–H and O–H groups in total. The zero-order chi connectivity index (χ0) is 17.8. The van der Waals surface area contributed by atoms with Crippen molar-refractivity contribution >= 4 is 10.0 Å². The van der Waals surface area contributed by atoms with E-state index in [0.29, 0.717) is 6.54 Å². The molecule has 6 heteroatoms. The summed E-state index contributed by atoms with van der Waals surface area (Å²) in [7, 11) is -3.32. The van der Waals surface area contributed by atoms with E-state index in [1.54, 1.807) is 0 Å². The highest BCUT2D eigenvalue weighted by molar-refractivity contribution is 7.88. The van der Waals surface area contributed by atoms with Crippen LogP contribution in [0.3, 0.4) is 0 Å². The zero-order valence-corrected chi connectivity index (χ0v) is 16.2. The normalized spacial score (nSPS) is 18.0. The van der Waals surface area contributed by atoms with Crippen LogP contribution in [-0.2, 0) is 15.8 Å². The maximum atomic E-state index is 12.4. The zero-order valence-electron chi connectivity index (χ0n) is 15.4. The van der Waals surface area contributed by atoms with Crippen molar-refractivity contribution in [3.8, 4) is 0 Å². The summed E-state index contributed by atoms with van der Waals surface area (Å²) in [6.07, 6.45) is 0. The SMILES string of the molecule is CCN1CCN(C(C)(C)CNS(=O)(=O)Cc2ccc(C)cc2)CC1. The van der Waals surface area contributed by atoms with E-state index in [9.17, 15) is 8.42 Å². The standard InChI is InChI=1S/C18H31N3O2S/c1-5-20-10-12-21(13-11-20)18(3,4)15-19-24(22,23)14-17-8-6-16(2)7-9-17/h6-9,19H,5,10-15H2,1-4H3. The Hall–Kier alpha value is -0.950. The largest absolute Gasteiger partial charge is 0.301 e. The predicted molar refractivity (Wildman–Crippen MR) is 99.6 cm³/mol. The third-order valence-electron chi connectivity index (χ3n) is 4.88. The van der Waals surface area contributed by atoms with E-state index in [2.05, 4.69) is 35.3 Å². The minimum Gasteiger partial charge on any atom is -0.301 e. The van der Waals surface area contributed by atoms with Crippen molar-refractivity contribution in [2.24, 2.45) is 0 Å². The summed E-state index contributed by atoms with van der Waals surface area (Å²) in [4.78, 5) is 4.81. The van der Waals surface area contributed by atoms with Crippen LogP contribution in [0.4, 0.5) is 0 Å². The Morgan fingerprint density at radius 2 is 1.67 bits per heavy atom. The molecular weight excluding hydrogens is 322 g/mol. The maximum absolute atomic E-state index is 12.4. The van der Waals surface area contributed by atoms with E-state index in [1.807, 2.05) is 31.2 Å². The van der Waals surface area contributed by atoms with Gasteiger partial charge in [0.15, 0.2) is 0 Å². The van der Waals surface area contributed by atoms with Gasteiger partial charge in [0.2, 0.25) is 10.0 Å². The fourth-order valence-corrected chi connectivity index (χ4v) is 4.33. The summed E-state index contributed by atoms with van der Waals surface area (Å²) in [5.74, 6) is 0.0347. The molecule has 1 aliphatic heterocycles. The minimum atomic E-state index is -3.32. The monoisotopic (exact) mass is 353 g/mol. The summed E-state index contributed by atoms with van der Waals surface area (Å²) in [5, 5.41) is 0. The van der Waals surface area contributed by atoms with Crippen molar-refractivity contribution in [1.82, 2.24) is 14.5 Å². The average Bonchev–Trinajstić information content (AvgIpc) is 2.55. The number of nitrogens with one attached hydrogen (secondary N) is 1. The molecule has 0 aliphatic carbocycles. The van der Waals surface area contributed by atoms with Gasteiger partial charge in [0.1, 0.15) is 0 Å². The second kappa shape index (κ2) is 7.95. The molecule has 0 aromatic heterocycles. The number of hydrogen-bond acceptors (Lipinski definition) is 4. The first kappa shape index (κ1) is 19.4. The van der Waals surface area contributed by atoms with E-state index >= 15 is 0 Å². The van der Waals surface area contributed by atoms with Crippen LogP contribution in [0.5, 0.6) is 0 Å². The van der Waals surface area contributed by atoms with Crippen molar-refractivity contribution < 1.29 is 8.42 Å². The second-order valence-corrected chi connectivity index (χ2v) is 9.11. The molecule has 24 heavy (non-hydrogen) atoms. The lowest BCUT2D eigenvalue weighted by molar-refractivity contribution is 0.0571. The molecule has 1 aliphatic rings. The minimum absolute atomic E-state index is 0.0347. The molecule has 1 fully saturated rings. The van der Waals surface area contributed by atoms with Crippen molar-refractivity contribution in [2.45, 2.75) is 39.0 Å². The number of likely N-dealkylation sites (N-methyl/N-ethyl adjacent to an activating group) is 1. The molecule has 0 saturated carbocycles. The lowest BCUT2D eigenvalue weighted by Crippen LogP contribution is -2.58. The molecule has 1 heterocycles. The lowest BCUT2D eigenvalue weighted by Gasteiger charge is -2.44. The first-order chi connectivity index (χ1) is 11.2. The Morgan fingerprint density at radius 3 is 2.21 bits per heavy atom. The van der Waals surface area contributed by atoms with Gasteiger partial charge >= 0.3 is 0 Å². The van der Waals surface area contributed by atoms with E-state index in [-0.39, 0.29) is 11.3 Å². The van der Waals surface area contributed by atoms with Gasteiger partial charge in [0.25, 0.3) is 0 Å². The van der Waals surface area contributed by atoms with E-state index < -0.39 is 10.0 Å². The molecule has 1 aromatic carbocycles. The molecule has 0 unspecified atom stereocenters. The fourth-order valence-electron chi connectivity index (χ4n) is 3.02. The molecule has 0 spiro atoms. The van der Waals surface area contributed by atoms with Crippen LogP contribution in [0.1, 0.15) is 31.9 Å². The van der Waals surface area contributed by atoms with E-state index in [4.69, 9.17) is 0 Å². The Labute approximate surface area is 147 Å². The number of nitrogens with zero attached hydrogens (tertiary/aromatic N) is 2. The number of hydrogen-bond donors (Lipinski definition) is 1. The van der Waals surface area contributed by atoms with Gasteiger partial charge in [-0.05, 0) is 32.9 Å². The van der Waals surface area contributed by atoms with Crippen LogP contribution >= 0.6 is 0 Å². The molecule has 0 amide bonds. The van der Waals surface area contributed by atoms with Gasteiger partial charge in [-0.1, -0.05) is 36.8 Å². The maximum Gasteiger partial charge on any atom is 0.215 e. The van der Waals surface area contributed by atoms with Crippen LogP contribution in [0.25, 0.3) is 0 Å². The Kier molecular flexibility index (Phi) is 6.42. The van der Waals surface area contributed by atoms with Crippen LogP contribution < -0.4 is 4.72 Å². The lowest BCUT2D eigenvalue weighted by atomic mass is 10.0. The second-order valence-electron chi connectivity index (χ2n) is 7.30. The molecule has 2 rings (SSSR count). The molecule has 0 atom stereocenters. The fraction of sp³-hybridized carbons (Fsp3) is 0.667. The number of piperazine rings is 1. The van der Waals surface area contributed by atoms with Gasteiger partial charge in [-0.15, -0.1) is 0 Å². The van der Waals surface area contributed by atoms with Gasteiger partial charge in [0.05, 0.1) is 5.75 Å². The summed E-state index contributed by atoms with van der Waals surface area (Å²) in [5.41, 5.74) is 1.78. The first-order valence-electron chi connectivity index (χ1n) is 8.72. The highest BCUT2D eigenvalue weighted by atomic mass is 32.2. The first-order valence-corrected chi connectivity index (χ1v) is 10.4. The number of rotatable bonds is 7. The van der Waals surface area contributed by atoms with Crippen LogP contribution in [-0.4, -0.2) is 63.0 Å². The van der Waals surface area contributed by atoms with Crippen LogP contribution in [0, 0.1) is 6.92 Å². The van der Waals surface area contributed by atoms with Gasteiger partial charge in [-0.3, -0.25) is 4.90 Å². The molecule has 1 saturated heterocycles. The Bertz CT molecular complexity index is 618. The van der Waals surface area contributed by atoms with Crippen LogP contribution in [0.15, 0.2) is 24.3 Å². The Morgan fingerprint density at radius 1 is 1.08 bits per heavy atom. The molecule has 0 bridgehead atoms. The summed E-state index contributed by atoms with van der Waals surface area (Å²) >= 11 is 0. The van der Waals surface area contributed by atoms with E-state index in [1.165, 1.54) is 0 Å².